The van der Waals surface area contributed by atoms with Crippen molar-refractivity contribution in [2.75, 3.05) is 12.0 Å². The van der Waals surface area contributed by atoms with Gasteiger partial charge in [-0.1, -0.05) is 0 Å². The molecule has 0 saturated heterocycles. The van der Waals surface area contributed by atoms with Crippen molar-refractivity contribution in [3.63, 3.8) is 0 Å². The van der Waals surface area contributed by atoms with Crippen molar-refractivity contribution < 1.29 is 22.7 Å². The van der Waals surface area contributed by atoms with Crippen molar-refractivity contribution >= 4 is 17.7 Å². The van der Waals surface area contributed by atoms with Gasteiger partial charge in [-0.25, -0.2) is 28.1 Å². The van der Waals surface area contributed by atoms with Crippen LogP contribution in [0.25, 0.3) is 0 Å². The summed E-state index contributed by atoms with van der Waals surface area (Å²) < 4.78 is 47.1. The van der Waals surface area contributed by atoms with Gasteiger partial charge in [0.15, 0.2) is 12.3 Å². The third-order valence-electron chi connectivity index (χ3n) is 4.32. The van der Waals surface area contributed by atoms with E-state index in [2.05, 4.69) is 20.3 Å². The van der Waals surface area contributed by atoms with Crippen LogP contribution in [-0.2, 0) is 10.3 Å². The summed E-state index contributed by atoms with van der Waals surface area (Å²) in [5.41, 5.74) is 3.30. The summed E-state index contributed by atoms with van der Waals surface area (Å²) >= 11 is 0. The maximum atomic E-state index is 14.8. The van der Waals surface area contributed by atoms with Crippen LogP contribution in [0, 0.1) is 17.1 Å². The third-order valence-corrected chi connectivity index (χ3v) is 4.32. The number of carbonyl (C=O) groups excluding carboxylic acids is 1. The number of aliphatic imine (C=N–C) groups is 1. The Morgan fingerprint density at radius 1 is 1.41 bits per heavy atom. The third kappa shape index (κ3) is 3.82. The maximum Gasteiger partial charge on any atom is 0.283 e. The molecule has 0 spiro atoms. The number of nitrogens with two attached hydrogens (primary N) is 1. The first-order valence-electron chi connectivity index (χ1n) is 8.35. The number of nitriles is 1. The van der Waals surface area contributed by atoms with Crippen LogP contribution in [0.1, 0.15) is 28.7 Å². The Morgan fingerprint density at radius 3 is 2.79 bits per heavy atom. The molecular weight excluding hydrogens is 389 g/mol. The highest BCUT2D eigenvalue weighted by molar-refractivity contribution is 6.02. The van der Waals surface area contributed by atoms with E-state index in [9.17, 15) is 18.0 Å². The van der Waals surface area contributed by atoms with E-state index in [-0.39, 0.29) is 17.1 Å². The zero-order valence-corrected chi connectivity index (χ0v) is 15.1. The minimum atomic E-state index is -2.08. The number of alkyl halides is 2. The monoisotopic (exact) mass is 404 g/mol. The zero-order valence-electron chi connectivity index (χ0n) is 15.1. The quantitative estimate of drug-likeness (QED) is 0.802. The number of halogens is 3. The van der Waals surface area contributed by atoms with Crippen LogP contribution in [0.4, 0.5) is 19.0 Å². The number of amidine groups is 1. The van der Waals surface area contributed by atoms with Crippen LogP contribution in [0.3, 0.4) is 0 Å². The van der Waals surface area contributed by atoms with E-state index in [1.807, 2.05) is 6.07 Å². The molecule has 0 saturated carbocycles. The number of pyridine rings is 2. The van der Waals surface area contributed by atoms with E-state index < -0.39 is 47.9 Å². The van der Waals surface area contributed by atoms with E-state index in [0.29, 0.717) is 0 Å². The smallest absolute Gasteiger partial charge is 0.283 e. The lowest BCUT2D eigenvalue weighted by Gasteiger charge is -2.36. The van der Waals surface area contributed by atoms with Gasteiger partial charge in [0.1, 0.15) is 41.3 Å². The summed E-state index contributed by atoms with van der Waals surface area (Å²) in [4.78, 5) is 23.9. The minimum Gasteiger partial charge on any atom is -0.456 e. The van der Waals surface area contributed by atoms with Crippen LogP contribution in [0.5, 0.6) is 0 Å². The van der Waals surface area contributed by atoms with Gasteiger partial charge < -0.3 is 15.8 Å². The molecule has 0 fully saturated rings. The van der Waals surface area contributed by atoms with E-state index in [1.54, 1.807) is 0 Å². The fourth-order valence-electron chi connectivity index (χ4n) is 2.83. The Bertz CT molecular complexity index is 1010. The second-order valence-electron chi connectivity index (χ2n) is 6.33. The summed E-state index contributed by atoms with van der Waals surface area (Å²) in [6.07, 6.45) is -2.43. The number of rotatable bonds is 4. The molecule has 3 rings (SSSR count). The summed E-state index contributed by atoms with van der Waals surface area (Å²) in [6, 6.07) is 6.23. The molecule has 1 aliphatic rings. The zero-order chi connectivity index (χ0) is 21.2. The molecule has 29 heavy (non-hydrogen) atoms. The molecular formula is C18H15F3N6O2. The number of nitrogens with one attached hydrogen (secondary N) is 1. The summed E-state index contributed by atoms with van der Waals surface area (Å²) in [5, 5.41) is 11.2. The Morgan fingerprint density at radius 2 is 2.17 bits per heavy atom. The lowest BCUT2D eigenvalue weighted by atomic mass is 9.87. The van der Waals surface area contributed by atoms with Crippen molar-refractivity contribution in [1.29, 1.82) is 5.26 Å². The Labute approximate surface area is 163 Å². The van der Waals surface area contributed by atoms with Gasteiger partial charge in [0.2, 0.25) is 0 Å². The maximum absolute atomic E-state index is 14.8. The minimum absolute atomic E-state index is 0.0166. The van der Waals surface area contributed by atoms with Crippen molar-refractivity contribution in [2.24, 2.45) is 10.7 Å². The number of aromatic nitrogens is 2. The van der Waals surface area contributed by atoms with E-state index >= 15 is 0 Å². The van der Waals surface area contributed by atoms with Crippen molar-refractivity contribution in [2.45, 2.75) is 24.7 Å². The van der Waals surface area contributed by atoms with Crippen molar-refractivity contribution in [1.82, 2.24) is 9.97 Å². The van der Waals surface area contributed by atoms with Gasteiger partial charge in [-0.3, -0.25) is 4.79 Å². The normalized spacial score (nSPS) is 23.5. The van der Waals surface area contributed by atoms with Gasteiger partial charge in [-0.2, -0.15) is 5.26 Å². The molecule has 0 radical (unpaired) electrons. The molecule has 0 bridgehead atoms. The van der Waals surface area contributed by atoms with Crippen LogP contribution in [0.2, 0.25) is 0 Å². The van der Waals surface area contributed by atoms with Gasteiger partial charge in [0, 0.05) is 6.20 Å². The Hall–Kier alpha value is -3.68. The molecule has 0 unspecified atom stereocenters. The molecule has 11 heteroatoms. The first kappa shape index (κ1) is 20.1. The number of nitrogens with zero attached hydrogens (tertiary/aromatic N) is 4. The lowest BCUT2D eigenvalue weighted by molar-refractivity contribution is 0.00315. The molecule has 1 amide bonds. The van der Waals surface area contributed by atoms with Gasteiger partial charge in [-0.05, 0) is 31.2 Å². The topological polar surface area (TPSA) is 126 Å². The van der Waals surface area contributed by atoms with Crippen LogP contribution in [-0.4, -0.2) is 40.8 Å². The van der Waals surface area contributed by atoms with Crippen molar-refractivity contribution in [3.05, 3.63) is 53.2 Å². The molecule has 3 N–H and O–H groups in total. The molecule has 150 valence electrons. The summed E-state index contributed by atoms with van der Waals surface area (Å²) in [6.45, 7) is 0.00424. The summed E-state index contributed by atoms with van der Waals surface area (Å²) in [7, 11) is 0. The van der Waals surface area contributed by atoms with E-state index in [1.165, 1.54) is 25.3 Å². The number of carbonyl (C=O) groups is 1. The van der Waals surface area contributed by atoms with Crippen LogP contribution < -0.4 is 11.1 Å². The largest absolute Gasteiger partial charge is 0.456 e. The predicted molar refractivity (Wildman–Crippen MR) is 95.8 cm³/mol. The molecule has 3 atom stereocenters. The average molecular weight is 404 g/mol. The van der Waals surface area contributed by atoms with E-state index in [0.717, 1.165) is 12.1 Å². The van der Waals surface area contributed by atoms with Crippen LogP contribution >= 0.6 is 0 Å². The number of amides is 1. The highest BCUT2D eigenvalue weighted by Gasteiger charge is 2.49. The van der Waals surface area contributed by atoms with Crippen LogP contribution in [0.15, 0.2) is 35.5 Å². The average Bonchev–Trinajstić information content (AvgIpc) is 2.72. The van der Waals surface area contributed by atoms with Crippen molar-refractivity contribution in [3.8, 4) is 6.07 Å². The predicted octanol–water partition coefficient (Wildman–Crippen LogP) is 1.98. The molecule has 2 aromatic rings. The first-order valence-corrected chi connectivity index (χ1v) is 8.35. The molecule has 8 nitrogen and oxygen atoms in total. The fraction of sp³-hybridized carbons (Fsp3) is 0.278. The number of ether oxygens (including phenoxy) is 1. The highest BCUT2D eigenvalue weighted by atomic mass is 19.1. The standard InChI is InChI=1S/C18H15F3N6O2/c1-18(14(21)12(6-19)29-17(23)27-18)15-10(20)3-5-13(25-15)26-16(28)11-4-2-9(7-22)8-24-11/h2-5,8,12,14H,6H2,1H3,(H2,23,27)(H,25,26,28)/t12-,14+,18+/m1/s1. The second-order valence-corrected chi connectivity index (χ2v) is 6.33. The molecule has 0 aliphatic carbocycles. The molecule has 3 heterocycles. The number of anilines is 1. The van der Waals surface area contributed by atoms with Gasteiger partial charge in [0.05, 0.1) is 5.56 Å². The fourth-order valence-corrected chi connectivity index (χ4v) is 2.83. The first-order chi connectivity index (χ1) is 13.8. The van der Waals surface area contributed by atoms with Gasteiger partial charge in [-0.15, -0.1) is 0 Å². The number of hydrogen-bond donors (Lipinski definition) is 2. The van der Waals surface area contributed by atoms with E-state index in [4.69, 9.17) is 15.7 Å². The lowest BCUT2D eigenvalue weighted by Crippen LogP contribution is -2.51. The number of hydrogen-bond acceptors (Lipinski definition) is 7. The Kier molecular flexibility index (Phi) is 5.36. The second kappa shape index (κ2) is 7.75. The van der Waals surface area contributed by atoms with Gasteiger partial charge in [0.25, 0.3) is 11.9 Å². The van der Waals surface area contributed by atoms with Gasteiger partial charge >= 0.3 is 0 Å². The SMILES string of the molecule is C[C@]1(c2nc(NC(=O)c3ccc(C#N)cn3)ccc2F)N=C(N)O[C@H](CF)[C@@H]1F. The highest BCUT2D eigenvalue weighted by Crippen LogP contribution is 2.37. The molecule has 2 aromatic heterocycles. The summed E-state index contributed by atoms with van der Waals surface area (Å²) in [5.74, 6) is -1.71. The molecule has 1 aliphatic heterocycles. The Balaban J connectivity index is 1.92. The molecule has 0 aromatic carbocycles.